The summed E-state index contributed by atoms with van der Waals surface area (Å²) in [4.78, 5) is 5.15. The molecule has 7 aromatic rings. The SMILES string of the molecule is CC1=Nc2ccccc2Cc2ccccc2-c2cc(-c3c4ccccc4c(-c4ccccc4)c4ccccc34)ccc21. The molecule has 8 rings (SSSR count). The van der Waals surface area contributed by atoms with Gasteiger partial charge >= 0.3 is 0 Å². The summed E-state index contributed by atoms with van der Waals surface area (Å²) in [7, 11) is 0. The van der Waals surface area contributed by atoms with Crippen LogP contribution >= 0.6 is 0 Å². The van der Waals surface area contributed by atoms with Gasteiger partial charge in [0.25, 0.3) is 0 Å². The molecule has 1 heterocycles. The van der Waals surface area contributed by atoms with Crippen molar-refractivity contribution in [2.24, 2.45) is 4.99 Å². The molecule has 0 fully saturated rings. The number of para-hydroxylation sites is 1. The topological polar surface area (TPSA) is 12.4 Å². The van der Waals surface area contributed by atoms with Gasteiger partial charge < -0.3 is 0 Å². The van der Waals surface area contributed by atoms with Gasteiger partial charge in [-0.25, -0.2) is 0 Å². The summed E-state index contributed by atoms with van der Waals surface area (Å²) >= 11 is 0. The van der Waals surface area contributed by atoms with E-state index in [2.05, 4.69) is 153 Å². The average Bonchev–Trinajstić information content (AvgIpc) is 3.09. The molecule has 0 aliphatic carbocycles. The third kappa shape index (κ3) is 3.97. The average molecular weight is 536 g/mol. The van der Waals surface area contributed by atoms with Gasteiger partial charge in [0.2, 0.25) is 0 Å². The molecular weight excluding hydrogens is 506 g/mol. The maximum atomic E-state index is 5.15. The molecule has 1 aliphatic rings. The quantitative estimate of drug-likeness (QED) is 0.195. The van der Waals surface area contributed by atoms with Gasteiger partial charge in [0.1, 0.15) is 0 Å². The Bertz CT molecular complexity index is 2110. The summed E-state index contributed by atoms with van der Waals surface area (Å²) in [6.45, 7) is 2.14. The number of nitrogens with zero attached hydrogens (tertiary/aromatic N) is 1. The summed E-state index contributed by atoms with van der Waals surface area (Å²) in [5.74, 6) is 0. The van der Waals surface area contributed by atoms with Crippen molar-refractivity contribution >= 4 is 32.9 Å². The Hall–Kier alpha value is -5.27. The third-order valence-corrected chi connectivity index (χ3v) is 8.66. The minimum absolute atomic E-state index is 0.852. The van der Waals surface area contributed by atoms with Crippen LogP contribution in [0.15, 0.2) is 151 Å². The third-order valence-electron chi connectivity index (χ3n) is 8.66. The van der Waals surface area contributed by atoms with Crippen molar-refractivity contribution < 1.29 is 0 Å². The maximum Gasteiger partial charge on any atom is 0.0668 e. The minimum atomic E-state index is 0.852. The highest BCUT2D eigenvalue weighted by atomic mass is 14.7. The molecule has 0 unspecified atom stereocenters. The highest BCUT2D eigenvalue weighted by Crippen LogP contribution is 2.45. The minimum Gasteiger partial charge on any atom is -0.253 e. The predicted molar refractivity (Wildman–Crippen MR) is 179 cm³/mol. The lowest BCUT2D eigenvalue weighted by Gasteiger charge is -2.19. The number of benzene rings is 7. The Balaban J connectivity index is 1.44. The summed E-state index contributed by atoms with van der Waals surface area (Å²) in [5, 5.41) is 5.08. The molecule has 0 N–H and O–H groups in total. The van der Waals surface area contributed by atoms with E-state index in [0.29, 0.717) is 0 Å². The Kier molecular flexibility index (Phi) is 5.82. The second-order valence-corrected chi connectivity index (χ2v) is 11.1. The highest BCUT2D eigenvalue weighted by molar-refractivity contribution is 6.21. The lowest BCUT2D eigenvalue weighted by molar-refractivity contribution is 1.19. The van der Waals surface area contributed by atoms with E-state index in [-0.39, 0.29) is 0 Å². The summed E-state index contributed by atoms with van der Waals surface area (Å²) in [6.07, 6.45) is 0.852. The molecule has 7 aromatic carbocycles. The monoisotopic (exact) mass is 535 g/mol. The first-order valence-corrected chi connectivity index (χ1v) is 14.6. The molecule has 0 radical (unpaired) electrons. The first kappa shape index (κ1) is 24.5. The Labute approximate surface area is 246 Å². The van der Waals surface area contributed by atoms with E-state index in [1.807, 2.05) is 0 Å². The standard InChI is InChI=1S/C41H29N/c1-27-32-24-23-31(26-38(32)33-17-7-5-15-29(33)25-30-16-6-12-22-39(30)42-27)41-36-20-10-8-18-34(36)40(28-13-3-2-4-14-28)35-19-9-11-21-37(35)41/h2-24,26H,25H2,1H3. The molecule has 0 bridgehead atoms. The Morgan fingerprint density at radius 1 is 0.429 bits per heavy atom. The van der Waals surface area contributed by atoms with E-state index in [1.165, 1.54) is 71.6 Å². The van der Waals surface area contributed by atoms with E-state index in [1.54, 1.807) is 0 Å². The van der Waals surface area contributed by atoms with Crippen LogP contribution in [0.4, 0.5) is 5.69 Å². The molecular formula is C41H29N. The molecule has 1 nitrogen and oxygen atoms in total. The van der Waals surface area contributed by atoms with Crippen LogP contribution in [0.25, 0.3) is 54.9 Å². The molecule has 198 valence electrons. The van der Waals surface area contributed by atoms with Gasteiger partial charge in [-0.2, -0.15) is 0 Å². The second kappa shape index (κ2) is 9.98. The van der Waals surface area contributed by atoms with Crippen LogP contribution in [0, 0.1) is 0 Å². The van der Waals surface area contributed by atoms with E-state index >= 15 is 0 Å². The molecule has 0 spiro atoms. The van der Waals surface area contributed by atoms with Crippen molar-refractivity contribution in [2.45, 2.75) is 13.3 Å². The molecule has 0 saturated heterocycles. The molecule has 0 amide bonds. The Morgan fingerprint density at radius 3 is 1.67 bits per heavy atom. The van der Waals surface area contributed by atoms with E-state index in [0.717, 1.165) is 17.8 Å². The molecule has 0 aromatic heterocycles. The summed E-state index contributed by atoms with van der Waals surface area (Å²) in [5.41, 5.74) is 13.4. The van der Waals surface area contributed by atoms with Gasteiger partial charge in [-0.05, 0) is 85.1 Å². The van der Waals surface area contributed by atoms with Crippen molar-refractivity contribution in [1.82, 2.24) is 0 Å². The molecule has 1 heteroatoms. The second-order valence-electron chi connectivity index (χ2n) is 11.1. The summed E-state index contributed by atoms with van der Waals surface area (Å²) in [6, 6.07) is 52.9. The van der Waals surface area contributed by atoms with Crippen molar-refractivity contribution in [3.05, 3.63) is 162 Å². The lowest BCUT2D eigenvalue weighted by Crippen LogP contribution is -2.00. The summed E-state index contributed by atoms with van der Waals surface area (Å²) < 4.78 is 0. The van der Waals surface area contributed by atoms with Crippen LogP contribution in [-0.2, 0) is 6.42 Å². The van der Waals surface area contributed by atoms with Crippen LogP contribution in [0.3, 0.4) is 0 Å². The van der Waals surface area contributed by atoms with Crippen LogP contribution in [0.1, 0.15) is 23.6 Å². The highest BCUT2D eigenvalue weighted by Gasteiger charge is 2.20. The normalized spacial score (nSPS) is 12.5. The Morgan fingerprint density at radius 2 is 0.976 bits per heavy atom. The van der Waals surface area contributed by atoms with Gasteiger partial charge in [-0.1, -0.05) is 133 Å². The van der Waals surface area contributed by atoms with E-state index < -0.39 is 0 Å². The van der Waals surface area contributed by atoms with Crippen molar-refractivity contribution in [3.8, 4) is 33.4 Å². The lowest BCUT2D eigenvalue weighted by atomic mass is 9.84. The zero-order valence-corrected chi connectivity index (χ0v) is 23.5. The van der Waals surface area contributed by atoms with Crippen molar-refractivity contribution in [2.75, 3.05) is 0 Å². The van der Waals surface area contributed by atoms with Gasteiger partial charge in [0, 0.05) is 17.7 Å². The van der Waals surface area contributed by atoms with Crippen molar-refractivity contribution in [1.29, 1.82) is 0 Å². The zero-order valence-electron chi connectivity index (χ0n) is 23.5. The van der Waals surface area contributed by atoms with E-state index in [9.17, 15) is 0 Å². The zero-order chi connectivity index (χ0) is 28.0. The fraction of sp³-hybridized carbons (Fsp3) is 0.0488. The van der Waals surface area contributed by atoms with Gasteiger partial charge in [-0.3, -0.25) is 4.99 Å². The molecule has 42 heavy (non-hydrogen) atoms. The number of hydrogen-bond donors (Lipinski definition) is 0. The predicted octanol–water partition coefficient (Wildman–Crippen LogP) is 11.0. The van der Waals surface area contributed by atoms with Crippen LogP contribution in [-0.4, -0.2) is 5.71 Å². The van der Waals surface area contributed by atoms with Gasteiger partial charge in [0.15, 0.2) is 0 Å². The molecule has 0 saturated carbocycles. The first-order chi connectivity index (χ1) is 20.8. The molecule has 0 atom stereocenters. The first-order valence-electron chi connectivity index (χ1n) is 14.6. The fourth-order valence-corrected chi connectivity index (χ4v) is 6.75. The largest absolute Gasteiger partial charge is 0.253 e. The van der Waals surface area contributed by atoms with Crippen LogP contribution in [0.2, 0.25) is 0 Å². The van der Waals surface area contributed by atoms with Gasteiger partial charge in [0.05, 0.1) is 5.69 Å². The van der Waals surface area contributed by atoms with Gasteiger partial charge in [-0.15, -0.1) is 0 Å². The maximum absolute atomic E-state index is 5.15. The number of rotatable bonds is 2. The van der Waals surface area contributed by atoms with Crippen LogP contribution < -0.4 is 0 Å². The van der Waals surface area contributed by atoms with Crippen molar-refractivity contribution in [3.63, 3.8) is 0 Å². The fourth-order valence-electron chi connectivity index (χ4n) is 6.75. The number of hydrogen-bond acceptors (Lipinski definition) is 1. The molecule has 1 aliphatic heterocycles. The smallest absolute Gasteiger partial charge is 0.0668 e. The van der Waals surface area contributed by atoms with E-state index in [4.69, 9.17) is 4.99 Å². The number of aliphatic imine (C=N–C) groups is 1. The number of fused-ring (bicyclic) bond motifs is 6. The van der Waals surface area contributed by atoms with Crippen LogP contribution in [0.5, 0.6) is 0 Å².